The van der Waals surface area contributed by atoms with Crippen molar-refractivity contribution in [2.45, 2.75) is 6.54 Å². The van der Waals surface area contributed by atoms with Crippen molar-refractivity contribution in [3.05, 3.63) is 40.8 Å². The van der Waals surface area contributed by atoms with Crippen LogP contribution in [0.1, 0.15) is 10.4 Å². The Labute approximate surface area is 111 Å². The molecule has 0 amide bonds. The van der Waals surface area contributed by atoms with Gasteiger partial charge in [0, 0.05) is 20.6 Å². The Morgan fingerprint density at radius 2 is 2.11 bits per heavy atom. The molecular formula is C13H14N4S. The molecule has 1 aromatic carbocycles. The molecule has 0 spiro atoms. The summed E-state index contributed by atoms with van der Waals surface area (Å²) in [5.41, 5.74) is 1.20. The first-order chi connectivity index (χ1) is 8.74. The van der Waals surface area contributed by atoms with Gasteiger partial charge in [0.1, 0.15) is 6.07 Å². The molecule has 0 aliphatic carbocycles. The van der Waals surface area contributed by atoms with Crippen LogP contribution in [-0.2, 0) is 6.54 Å². The second-order valence-corrected chi connectivity index (χ2v) is 4.87. The van der Waals surface area contributed by atoms with E-state index in [1.807, 2.05) is 30.1 Å². The van der Waals surface area contributed by atoms with Crippen molar-refractivity contribution in [3.8, 4) is 6.07 Å². The van der Waals surface area contributed by atoms with E-state index in [1.54, 1.807) is 7.05 Å². The average molecular weight is 258 g/mol. The summed E-state index contributed by atoms with van der Waals surface area (Å²) in [5, 5.41) is 12.8. The number of aromatic nitrogens is 1. The normalized spacial score (nSPS) is 9.83. The maximum absolute atomic E-state index is 9.11. The highest BCUT2D eigenvalue weighted by Crippen LogP contribution is 2.28. The largest absolute Gasteiger partial charge is 0.364 e. The SMILES string of the molecule is CNc1nc(N(C)Cc2ccccc2)c(C#N)s1. The minimum Gasteiger partial charge on any atom is -0.364 e. The second kappa shape index (κ2) is 5.52. The topological polar surface area (TPSA) is 52.0 Å². The van der Waals surface area contributed by atoms with Gasteiger partial charge in [-0.2, -0.15) is 5.26 Å². The molecule has 0 radical (unpaired) electrons. The van der Waals surface area contributed by atoms with Gasteiger partial charge in [0.15, 0.2) is 15.8 Å². The lowest BCUT2D eigenvalue weighted by molar-refractivity contribution is 0.903. The number of rotatable bonds is 4. The van der Waals surface area contributed by atoms with E-state index in [4.69, 9.17) is 5.26 Å². The van der Waals surface area contributed by atoms with Crippen molar-refractivity contribution in [3.63, 3.8) is 0 Å². The lowest BCUT2D eigenvalue weighted by atomic mass is 10.2. The Bertz CT molecular complexity index is 556. The molecule has 5 heteroatoms. The van der Waals surface area contributed by atoms with E-state index < -0.39 is 0 Å². The summed E-state index contributed by atoms with van der Waals surface area (Å²) in [5.74, 6) is 0.732. The lowest BCUT2D eigenvalue weighted by Gasteiger charge is -2.16. The monoisotopic (exact) mass is 258 g/mol. The number of benzene rings is 1. The number of nitrogens with zero attached hydrogens (tertiary/aromatic N) is 3. The van der Waals surface area contributed by atoms with Gasteiger partial charge >= 0.3 is 0 Å². The van der Waals surface area contributed by atoms with Crippen LogP contribution in [0.15, 0.2) is 30.3 Å². The third-order valence-electron chi connectivity index (χ3n) is 2.55. The molecule has 18 heavy (non-hydrogen) atoms. The van der Waals surface area contributed by atoms with E-state index in [-0.39, 0.29) is 0 Å². The summed E-state index contributed by atoms with van der Waals surface area (Å²) in [6.45, 7) is 0.738. The average Bonchev–Trinajstić information content (AvgIpc) is 2.83. The van der Waals surface area contributed by atoms with Crippen molar-refractivity contribution in [2.75, 3.05) is 24.3 Å². The maximum Gasteiger partial charge on any atom is 0.185 e. The first kappa shape index (κ1) is 12.4. The van der Waals surface area contributed by atoms with E-state index in [0.29, 0.717) is 4.88 Å². The third kappa shape index (κ3) is 2.60. The number of anilines is 2. The number of hydrogen-bond acceptors (Lipinski definition) is 5. The summed E-state index contributed by atoms with van der Waals surface area (Å²) in [6.07, 6.45) is 0. The van der Waals surface area contributed by atoms with Gasteiger partial charge in [-0.1, -0.05) is 41.7 Å². The van der Waals surface area contributed by atoms with Crippen LogP contribution in [0.25, 0.3) is 0 Å². The summed E-state index contributed by atoms with van der Waals surface area (Å²) >= 11 is 1.37. The lowest BCUT2D eigenvalue weighted by Crippen LogP contribution is -2.17. The molecule has 2 aromatic rings. The van der Waals surface area contributed by atoms with Gasteiger partial charge in [-0.15, -0.1) is 0 Å². The summed E-state index contributed by atoms with van der Waals surface area (Å²) in [4.78, 5) is 7.03. The van der Waals surface area contributed by atoms with Crippen LogP contribution in [-0.4, -0.2) is 19.1 Å². The minimum atomic E-state index is 0.637. The van der Waals surface area contributed by atoms with E-state index in [9.17, 15) is 0 Å². The van der Waals surface area contributed by atoms with Gasteiger partial charge in [-0.3, -0.25) is 0 Å². The van der Waals surface area contributed by atoms with Gasteiger partial charge in [0.2, 0.25) is 0 Å². The maximum atomic E-state index is 9.11. The van der Waals surface area contributed by atoms with Crippen molar-refractivity contribution >= 4 is 22.3 Å². The highest BCUT2D eigenvalue weighted by atomic mass is 32.1. The Morgan fingerprint density at radius 1 is 1.39 bits per heavy atom. The van der Waals surface area contributed by atoms with E-state index >= 15 is 0 Å². The first-order valence-corrected chi connectivity index (χ1v) is 6.40. The van der Waals surface area contributed by atoms with Crippen molar-refractivity contribution in [1.29, 1.82) is 5.26 Å². The number of thiazole rings is 1. The standard InChI is InChI=1S/C13H14N4S/c1-15-13-16-12(11(8-14)18-13)17(2)9-10-6-4-3-5-7-10/h3-7H,9H2,1-2H3,(H,15,16). The van der Waals surface area contributed by atoms with E-state index in [2.05, 4.69) is 28.5 Å². The molecule has 0 fully saturated rings. The van der Waals surface area contributed by atoms with Crippen LogP contribution >= 0.6 is 11.3 Å². The minimum absolute atomic E-state index is 0.637. The Balaban J connectivity index is 2.21. The summed E-state index contributed by atoms with van der Waals surface area (Å²) in [7, 11) is 3.75. The molecule has 0 atom stereocenters. The zero-order valence-electron chi connectivity index (χ0n) is 10.3. The van der Waals surface area contributed by atoms with Crippen molar-refractivity contribution in [1.82, 2.24) is 4.98 Å². The Morgan fingerprint density at radius 3 is 2.72 bits per heavy atom. The fraction of sp³-hybridized carbons (Fsp3) is 0.231. The zero-order valence-corrected chi connectivity index (χ0v) is 11.2. The fourth-order valence-electron chi connectivity index (χ4n) is 1.68. The molecule has 0 aliphatic rings. The second-order valence-electron chi connectivity index (χ2n) is 3.88. The smallest absolute Gasteiger partial charge is 0.185 e. The zero-order chi connectivity index (χ0) is 13.0. The summed E-state index contributed by atoms with van der Waals surface area (Å²) < 4.78 is 0. The molecule has 1 heterocycles. The molecule has 0 bridgehead atoms. The highest BCUT2D eigenvalue weighted by Gasteiger charge is 2.14. The first-order valence-electron chi connectivity index (χ1n) is 5.58. The molecule has 0 unspecified atom stereocenters. The van der Waals surface area contributed by atoms with Crippen LogP contribution in [0.4, 0.5) is 10.9 Å². The highest BCUT2D eigenvalue weighted by molar-refractivity contribution is 7.16. The van der Waals surface area contributed by atoms with Crippen molar-refractivity contribution in [2.24, 2.45) is 0 Å². The van der Waals surface area contributed by atoms with Crippen LogP contribution in [0, 0.1) is 11.3 Å². The Hall–Kier alpha value is -2.06. The number of nitriles is 1. The molecule has 2 rings (SSSR count). The molecular weight excluding hydrogens is 244 g/mol. The molecule has 0 saturated carbocycles. The molecule has 0 aliphatic heterocycles. The fourth-order valence-corrected chi connectivity index (χ4v) is 2.45. The molecule has 1 aromatic heterocycles. The van der Waals surface area contributed by atoms with E-state index in [0.717, 1.165) is 17.5 Å². The van der Waals surface area contributed by atoms with Crippen LogP contribution in [0.3, 0.4) is 0 Å². The van der Waals surface area contributed by atoms with Gasteiger partial charge < -0.3 is 10.2 Å². The predicted molar refractivity (Wildman–Crippen MR) is 74.9 cm³/mol. The summed E-state index contributed by atoms with van der Waals surface area (Å²) in [6, 6.07) is 12.3. The Kier molecular flexibility index (Phi) is 3.80. The van der Waals surface area contributed by atoms with Crippen molar-refractivity contribution < 1.29 is 0 Å². The molecule has 4 nitrogen and oxygen atoms in total. The van der Waals surface area contributed by atoms with E-state index in [1.165, 1.54) is 16.9 Å². The predicted octanol–water partition coefficient (Wildman–Crippen LogP) is 2.69. The van der Waals surface area contributed by atoms with Gasteiger partial charge in [0.25, 0.3) is 0 Å². The van der Waals surface area contributed by atoms with Gasteiger partial charge in [-0.25, -0.2) is 4.98 Å². The van der Waals surface area contributed by atoms with Crippen LogP contribution in [0.2, 0.25) is 0 Å². The third-order valence-corrected chi connectivity index (χ3v) is 3.52. The van der Waals surface area contributed by atoms with Crippen LogP contribution in [0.5, 0.6) is 0 Å². The number of nitrogens with one attached hydrogen (secondary N) is 1. The van der Waals surface area contributed by atoms with Gasteiger partial charge in [-0.05, 0) is 5.56 Å². The molecule has 92 valence electrons. The van der Waals surface area contributed by atoms with Gasteiger partial charge in [0.05, 0.1) is 0 Å². The quantitative estimate of drug-likeness (QED) is 0.916. The number of hydrogen-bond donors (Lipinski definition) is 1. The van der Waals surface area contributed by atoms with Crippen LogP contribution < -0.4 is 10.2 Å². The molecule has 1 N–H and O–H groups in total. The molecule has 0 saturated heterocycles.